The Hall–Kier alpha value is -2.71. The number of carbonyl (C=O) groups is 3. The minimum Gasteiger partial charge on any atom is -0.464 e. The molecule has 0 spiro atoms. The molecule has 0 fully saturated rings. The first-order chi connectivity index (χ1) is 21.2. The summed E-state index contributed by atoms with van der Waals surface area (Å²) in [7, 11) is 7.83. The summed E-state index contributed by atoms with van der Waals surface area (Å²) in [6, 6.07) is 0. The van der Waals surface area contributed by atoms with E-state index >= 15 is 0 Å². The molecule has 0 aromatic carbocycles. The number of hydrogen-bond acceptors (Lipinski definition) is 8. The van der Waals surface area contributed by atoms with E-state index in [0.29, 0.717) is 38.5 Å². The third-order valence-corrected chi connectivity index (χ3v) is 7.49. The van der Waals surface area contributed by atoms with Gasteiger partial charge < -0.3 is 24.0 Å². The second-order valence-corrected chi connectivity index (χ2v) is 12.3. The van der Waals surface area contributed by atoms with Gasteiger partial charge in [-0.2, -0.15) is 0 Å². The fraction of sp³-hybridized carbons (Fsp3) is 0.694. The molecule has 1 aliphatic heterocycles. The molecule has 1 unspecified atom stereocenters. The van der Waals surface area contributed by atoms with Gasteiger partial charge in [-0.3, -0.25) is 14.4 Å². The summed E-state index contributed by atoms with van der Waals surface area (Å²) >= 11 is 0. The maximum atomic E-state index is 13.5. The van der Waals surface area contributed by atoms with E-state index in [1.165, 1.54) is 0 Å². The van der Waals surface area contributed by atoms with E-state index in [-0.39, 0.29) is 36.9 Å². The highest BCUT2D eigenvalue weighted by Crippen LogP contribution is 2.33. The van der Waals surface area contributed by atoms with E-state index in [4.69, 9.17) is 14.2 Å². The van der Waals surface area contributed by atoms with Crippen molar-refractivity contribution in [3.05, 3.63) is 48.5 Å². The SMILES string of the molecule is CC/C=C\C/C=C\C/C=C\CCCCCCCC(=O)C1(COC(=O)CCCN(C)C)CC=C(OC(=O)CCCN(C)C)OC1. The lowest BCUT2D eigenvalue weighted by molar-refractivity contribution is -0.157. The Morgan fingerprint density at radius 3 is 1.98 bits per heavy atom. The van der Waals surface area contributed by atoms with Crippen LogP contribution in [0.1, 0.15) is 103 Å². The van der Waals surface area contributed by atoms with Gasteiger partial charge >= 0.3 is 11.9 Å². The molecule has 1 heterocycles. The first kappa shape index (κ1) is 39.3. The quantitative estimate of drug-likeness (QED) is 0.0607. The molecule has 0 aromatic heterocycles. The van der Waals surface area contributed by atoms with Crippen LogP contribution < -0.4 is 0 Å². The van der Waals surface area contributed by atoms with Gasteiger partial charge in [-0.15, -0.1) is 0 Å². The van der Waals surface area contributed by atoms with Gasteiger partial charge in [0, 0.05) is 19.3 Å². The van der Waals surface area contributed by atoms with Crippen LogP contribution in [0.15, 0.2) is 48.5 Å². The minimum absolute atomic E-state index is 0.0237. The molecule has 0 bridgehead atoms. The third kappa shape index (κ3) is 19.5. The van der Waals surface area contributed by atoms with Gasteiger partial charge in [0.2, 0.25) is 0 Å². The van der Waals surface area contributed by atoms with E-state index < -0.39 is 5.41 Å². The fourth-order valence-electron chi connectivity index (χ4n) is 4.76. The second kappa shape index (κ2) is 24.6. The van der Waals surface area contributed by atoms with Crippen molar-refractivity contribution in [3.8, 4) is 0 Å². The Bertz CT molecular complexity index is 937. The smallest absolute Gasteiger partial charge is 0.313 e. The van der Waals surface area contributed by atoms with Gasteiger partial charge in [-0.25, -0.2) is 0 Å². The summed E-state index contributed by atoms with van der Waals surface area (Å²) in [5.41, 5.74) is -0.955. The number of nitrogens with zero attached hydrogens (tertiary/aromatic N) is 2. The topological polar surface area (TPSA) is 85.4 Å². The number of Topliss-reactive ketones (excluding diaryl/α,β-unsaturated/α-hetero) is 1. The summed E-state index contributed by atoms with van der Waals surface area (Å²) in [6.45, 7) is 3.73. The number of hydrogen-bond donors (Lipinski definition) is 0. The lowest BCUT2D eigenvalue weighted by atomic mass is 9.78. The molecule has 0 radical (unpaired) electrons. The van der Waals surface area contributed by atoms with Crippen LogP contribution in [0, 0.1) is 5.41 Å². The average molecular weight is 617 g/mol. The number of esters is 2. The molecule has 0 N–H and O–H groups in total. The van der Waals surface area contributed by atoms with Crippen molar-refractivity contribution in [1.29, 1.82) is 0 Å². The lowest BCUT2D eigenvalue weighted by Crippen LogP contribution is -2.43. The highest BCUT2D eigenvalue weighted by Gasteiger charge is 2.42. The van der Waals surface area contributed by atoms with Crippen molar-refractivity contribution in [2.24, 2.45) is 5.41 Å². The van der Waals surface area contributed by atoms with Crippen LogP contribution in [-0.4, -0.2) is 82.0 Å². The van der Waals surface area contributed by atoms with Crippen LogP contribution in [0.5, 0.6) is 0 Å². The van der Waals surface area contributed by atoms with Crippen molar-refractivity contribution in [3.63, 3.8) is 0 Å². The maximum absolute atomic E-state index is 13.5. The predicted octanol–water partition coefficient (Wildman–Crippen LogP) is 7.16. The molecule has 1 rings (SSSR count). The summed E-state index contributed by atoms with van der Waals surface area (Å²) in [5, 5.41) is 0. The standard InChI is InChI=1S/C36H60N2O6/c1-6-7-8-9-10-11-12-13-14-15-16-17-18-19-20-23-32(39)36(30-42-33(40)24-21-28-37(2)3)27-26-35(43-31-36)44-34(41)25-22-29-38(4)5/h7-8,10-11,13-14,26H,6,9,12,15-25,27-31H2,1-5H3/b8-7-,11-10-,14-13-. The molecule has 44 heavy (non-hydrogen) atoms. The highest BCUT2D eigenvalue weighted by atomic mass is 16.7. The van der Waals surface area contributed by atoms with Crippen LogP contribution >= 0.6 is 0 Å². The van der Waals surface area contributed by atoms with Crippen LogP contribution in [0.4, 0.5) is 0 Å². The Morgan fingerprint density at radius 1 is 0.773 bits per heavy atom. The van der Waals surface area contributed by atoms with Crippen LogP contribution in [-0.2, 0) is 28.6 Å². The van der Waals surface area contributed by atoms with Gasteiger partial charge in [0.05, 0.1) is 0 Å². The second-order valence-electron chi connectivity index (χ2n) is 12.3. The number of carbonyl (C=O) groups excluding carboxylic acids is 3. The van der Waals surface area contributed by atoms with Gasteiger partial charge in [0.25, 0.3) is 5.95 Å². The molecule has 0 amide bonds. The molecule has 1 atom stereocenters. The zero-order valence-corrected chi connectivity index (χ0v) is 28.3. The zero-order chi connectivity index (χ0) is 32.5. The molecule has 8 nitrogen and oxygen atoms in total. The molecule has 0 saturated heterocycles. The van der Waals surface area contributed by atoms with Crippen LogP contribution in [0.25, 0.3) is 0 Å². The monoisotopic (exact) mass is 616 g/mol. The number of unbranched alkanes of at least 4 members (excludes halogenated alkanes) is 5. The van der Waals surface area contributed by atoms with E-state index in [1.807, 2.05) is 38.0 Å². The van der Waals surface area contributed by atoms with E-state index in [0.717, 1.165) is 70.9 Å². The van der Waals surface area contributed by atoms with E-state index in [1.54, 1.807) is 6.08 Å². The zero-order valence-electron chi connectivity index (χ0n) is 28.3. The lowest BCUT2D eigenvalue weighted by Gasteiger charge is -2.34. The molecular weight excluding hydrogens is 556 g/mol. The van der Waals surface area contributed by atoms with Crippen molar-refractivity contribution < 1.29 is 28.6 Å². The highest BCUT2D eigenvalue weighted by molar-refractivity contribution is 5.86. The molecule has 1 aliphatic rings. The Kier molecular flexibility index (Phi) is 22.0. The summed E-state index contributed by atoms with van der Waals surface area (Å²) < 4.78 is 16.7. The Morgan fingerprint density at radius 2 is 1.36 bits per heavy atom. The molecule has 250 valence electrons. The number of rotatable bonds is 25. The van der Waals surface area contributed by atoms with Crippen molar-refractivity contribution in [1.82, 2.24) is 9.80 Å². The molecule has 0 aliphatic carbocycles. The summed E-state index contributed by atoms with van der Waals surface area (Å²) in [5.74, 6) is -0.496. The molecule has 8 heteroatoms. The van der Waals surface area contributed by atoms with Crippen molar-refractivity contribution >= 4 is 17.7 Å². The maximum Gasteiger partial charge on any atom is 0.313 e. The fourth-order valence-corrected chi connectivity index (χ4v) is 4.76. The Labute approximate surface area is 267 Å². The Balaban J connectivity index is 2.50. The molecule has 0 aromatic rings. The van der Waals surface area contributed by atoms with Crippen molar-refractivity contribution in [2.45, 2.75) is 103 Å². The van der Waals surface area contributed by atoms with Crippen LogP contribution in [0.3, 0.4) is 0 Å². The largest absolute Gasteiger partial charge is 0.464 e. The van der Waals surface area contributed by atoms with Crippen molar-refractivity contribution in [2.75, 3.05) is 54.5 Å². The van der Waals surface area contributed by atoms with E-state index in [9.17, 15) is 14.4 Å². The first-order valence-corrected chi connectivity index (χ1v) is 16.7. The van der Waals surface area contributed by atoms with Gasteiger partial charge in [0.15, 0.2) is 0 Å². The van der Waals surface area contributed by atoms with Crippen LogP contribution in [0.2, 0.25) is 0 Å². The normalized spacial score (nSPS) is 17.1. The number of ketones is 1. The number of ether oxygens (including phenoxy) is 3. The van der Waals surface area contributed by atoms with E-state index in [2.05, 4.69) is 43.4 Å². The van der Waals surface area contributed by atoms with Gasteiger partial charge in [0.1, 0.15) is 24.4 Å². The third-order valence-electron chi connectivity index (χ3n) is 7.49. The molecular formula is C36H60N2O6. The average Bonchev–Trinajstić information content (AvgIpc) is 2.98. The summed E-state index contributed by atoms with van der Waals surface area (Å²) in [6.07, 6.45) is 26.9. The summed E-state index contributed by atoms with van der Waals surface area (Å²) in [4.78, 5) is 42.1. The number of allylic oxidation sites excluding steroid dienone is 7. The predicted molar refractivity (Wildman–Crippen MR) is 178 cm³/mol. The first-order valence-electron chi connectivity index (χ1n) is 16.7. The van der Waals surface area contributed by atoms with Gasteiger partial charge in [-0.05, 0) is 105 Å². The van der Waals surface area contributed by atoms with Gasteiger partial charge in [-0.1, -0.05) is 62.6 Å². The molecule has 0 saturated carbocycles. The minimum atomic E-state index is -0.955.